The maximum absolute atomic E-state index is 12.1. The van der Waals surface area contributed by atoms with Crippen molar-refractivity contribution in [1.29, 1.82) is 0 Å². The normalized spacial score (nSPS) is 25.0. The molecule has 19 heavy (non-hydrogen) atoms. The Labute approximate surface area is 116 Å². The predicted molar refractivity (Wildman–Crippen MR) is 74.8 cm³/mol. The fraction of sp³-hybridized carbons (Fsp3) is 0.929. The molecule has 0 aromatic heterocycles. The first-order valence-electron chi connectivity index (χ1n) is 7.20. The molecule has 0 spiro atoms. The lowest BCUT2D eigenvalue weighted by Gasteiger charge is -2.28. The maximum atomic E-state index is 12.1. The van der Waals surface area contributed by atoms with Gasteiger partial charge in [0.1, 0.15) is 0 Å². The first kappa shape index (κ1) is 16.4. The molecular formula is C14H28N2O3. The van der Waals surface area contributed by atoms with E-state index in [0.29, 0.717) is 19.1 Å². The third-order valence-corrected chi connectivity index (χ3v) is 3.92. The minimum absolute atomic E-state index is 0.0719. The summed E-state index contributed by atoms with van der Waals surface area (Å²) in [5.74, 6) is 0.914. The van der Waals surface area contributed by atoms with Gasteiger partial charge in [-0.05, 0) is 31.7 Å². The van der Waals surface area contributed by atoms with Gasteiger partial charge in [-0.25, -0.2) is 0 Å². The number of rotatable bonds is 8. The summed E-state index contributed by atoms with van der Waals surface area (Å²) >= 11 is 0. The van der Waals surface area contributed by atoms with E-state index in [-0.39, 0.29) is 17.9 Å². The molecule has 0 aliphatic heterocycles. The largest absolute Gasteiger partial charge is 0.382 e. The predicted octanol–water partition coefficient (Wildman–Crippen LogP) is 0.919. The summed E-state index contributed by atoms with van der Waals surface area (Å²) in [6.07, 6.45) is 5.28. The van der Waals surface area contributed by atoms with Crippen molar-refractivity contribution >= 4 is 5.91 Å². The van der Waals surface area contributed by atoms with Gasteiger partial charge in [0.2, 0.25) is 5.91 Å². The van der Waals surface area contributed by atoms with Crippen LogP contribution in [0.25, 0.3) is 0 Å². The van der Waals surface area contributed by atoms with Crippen molar-refractivity contribution in [2.75, 3.05) is 33.9 Å². The number of ether oxygens (including phenoxy) is 2. The fourth-order valence-corrected chi connectivity index (χ4v) is 2.78. The van der Waals surface area contributed by atoms with E-state index in [1.807, 2.05) is 0 Å². The van der Waals surface area contributed by atoms with E-state index in [1.54, 1.807) is 14.2 Å². The topological polar surface area (TPSA) is 73.6 Å². The van der Waals surface area contributed by atoms with Crippen LogP contribution in [0.4, 0.5) is 0 Å². The lowest BCUT2D eigenvalue weighted by molar-refractivity contribution is -0.127. The van der Waals surface area contributed by atoms with Gasteiger partial charge in [0.05, 0.1) is 12.7 Å². The molecule has 5 heteroatoms. The molecule has 1 aliphatic rings. The van der Waals surface area contributed by atoms with Gasteiger partial charge in [-0.15, -0.1) is 0 Å². The van der Waals surface area contributed by atoms with Crippen LogP contribution in [0, 0.1) is 11.8 Å². The number of methoxy groups -OCH3 is 2. The van der Waals surface area contributed by atoms with Gasteiger partial charge < -0.3 is 20.5 Å². The Morgan fingerprint density at radius 3 is 2.84 bits per heavy atom. The molecule has 3 unspecified atom stereocenters. The zero-order chi connectivity index (χ0) is 14.1. The van der Waals surface area contributed by atoms with Gasteiger partial charge in [0, 0.05) is 26.7 Å². The number of nitrogens with two attached hydrogens (primary N) is 1. The summed E-state index contributed by atoms with van der Waals surface area (Å²) in [6, 6.07) is 0. The molecular weight excluding hydrogens is 244 g/mol. The first-order valence-corrected chi connectivity index (χ1v) is 7.20. The molecule has 3 N–H and O–H groups in total. The van der Waals surface area contributed by atoms with Crippen molar-refractivity contribution in [2.45, 2.75) is 38.2 Å². The van der Waals surface area contributed by atoms with Crippen LogP contribution in [0.2, 0.25) is 0 Å². The molecule has 0 bridgehead atoms. The van der Waals surface area contributed by atoms with Crippen LogP contribution in [0.1, 0.15) is 32.1 Å². The van der Waals surface area contributed by atoms with Crippen LogP contribution < -0.4 is 11.1 Å². The summed E-state index contributed by atoms with van der Waals surface area (Å²) in [5.41, 5.74) is 5.60. The van der Waals surface area contributed by atoms with Gasteiger partial charge >= 0.3 is 0 Å². The highest BCUT2D eigenvalue weighted by Gasteiger charge is 2.27. The van der Waals surface area contributed by atoms with Crippen molar-refractivity contribution < 1.29 is 14.3 Å². The Morgan fingerprint density at radius 1 is 1.42 bits per heavy atom. The molecule has 1 fully saturated rings. The van der Waals surface area contributed by atoms with Crippen LogP contribution >= 0.6 is 0 Å². The lowest BCUT2D eigenvalue weighted by atomic mass is 9.79. The highest BCUT2D eigenvalue weighted by Crippen LogP contribution is 2.30. The third-order valence-electron chi connectivity index (χ3n) is 3.92. The molecule has 1 saturated carbocycles. The van der Waals surface area contributed by atoms with Gasteiger partial charge in [0.15, 0.2) is 0 Å². The summed E-state index contributed by atoms with van der Waals surface area (Å²) < 4.78 is 10.3. The molecule has 5 nitrogen and oxygen atoms in total. The minimum atomic E-state index is -0.0719. The quantitative estimate of drug-likeness (QED) is 0.689. The lowest BCUT2D eigenvalue weighted by Crippen LogP contribution is -2.40. The molecule has 1 rings (SSSR count). The highest BCUT2D eigenvalue weighted by atomic mass is 16.5. The van der Waals surface area contributed by atoms with Crippen LogP contribution in [0.15, 0.2) is 0 Å². The maximum Gasteiger partial charge on any atom is 0.223 e. The van der Waals surface area contributed by atoms with E-state index in [9.17, 15) is 4.79 Å². The molecule has 0 heterocycles. The third kappa shape index (κ3) is 5.89. The second kappa shape index (κ2) is 9.28. The van der Waals surface area contributed by atoms with Gasteiger partial charge in [-0.3, -0.25) is 4.79 Å². The van der Waals surface area contributed by atoms with Crippen molar-refractivity contribution in [2.24, 2.45) is 17.6 Å². The van der Waals surface area contributed by atoms with Gasteiger partial charge in [-0.2, -0.15) is 0 Å². The average molecular weight is 272 g/mol. The summed E-state index contributed by atoms with van der Waals surface area (Å²) in [4.78, 5) is 12.1. The molecule has 0 saturated heterocycles. The van der Waals surface area contributed by atoms with E-state index in [0.717, 1.165) is 32.2 Å². The SMILES string of the molecule is COCC(CNC(=O)C1CCCC(CCN)C1)OC. The van der Waals surface area contributed by atoms with Gasteiger partial charge in [0.25, 0.3) is 0 Å². The van der Waals surface area contributed by atoms with Crippen LogP contribution in [-0.4, -0.2) is 45.9 Å². The second-order valence-corrected chi connectivity index (χ2v) is 5.37. The van der Waals surface area contributed by atoms with Crippen molar-refractivity contribution in [3.8, 4) is 0 Å². The Morgan fingerprint density at radius 2 is 2.21 bits per heavy atom. The van der Waals surface area contributed by atoms with Crippen LogP contribution in [0.5, 0.6) is 0 Å². The molecule has 112 valence electrons. The van der Waals surface area contributed by atoms with E-state index in [4.69, 9.17) is 15.2 Å². The minimum Gasteiger partial charge on any atom is -0.382 e. The Bertz CT molecular complexity index is 259. The number of hydrogen-bond donors (Lipinski definition) is 2. The molecule has 0 radical (unpaired) electrons. The number of amides is 1. The summed E-state index contributed by atoms with van der Waals surface area (Å²) in [6.45, 7) is 1.73. The van der Waals surface area contributed by atoms with Crippen molar-refractivity contribution in [1.82, 2.24) is 5.32 Å². The van der Waals surface area contributed by atoms with E-state index < -0.39 is 0 Å². The Kier molecular flexibility index (Phi) is 8.02. The molecule has 1 amide bonds. The molecule has 0 aromatic carbocycles. The molecule has 1 aliphatic carbocycles. The summed E-state index contributed by atoms with van der Waals surface area (Å²) in [5, 5.41) is 2.98. The van der Waals surface area contributed by atoms with E-state index in [2.05, 4.69) is 5.32 Å². The number of nitrogens with one attached hydrogen (secondary N) is 1. The molecule has 0 aromatic rings. The van der Waals surface area contributed by atoms with E-state index in [1.165, 1.54) is 6.42 Å². The van der Waals surface area contributed by atoms with Crippen molar-refractivity contribution in [3.63, 3.8) is 0 Å². The van der Waals surface area contributed by atoms with Gasteiger partial charge in [-0.1, -0.05) is 12.8 Å². The first-order chi connectivity index (χ1) is 9.21. The average Bonchev–Trinajstić information content (AvgIpc) is 2.43. The van der Waals surface area contributed by atoms with Crippen LogP contribution in [-0.2, 0) is 14.3 Å². The smallest absolute Gasteiger partial charge is 0.223 e. The number of carbonyl (C=O) groups excluding carboxylic acids is 1. The number of hydrogen-bond acceptors (Lipinski definition) is 4. The zero-order valence-corrected chi connectivity index (χ0v) is 12.2. The zero-order valence-electron chi connectivity index (χ0n) is 12.2. The second-order valence-electron chi connectivity index (χ2n) is 5.37. The Hall–Kier alpha value is -0.650. The monoisotopic (exact) mass is 272 g/mol. The number of carbonyl (C=O) groups is 1. The van der Waals surface area contributed by atoms with E-state index >= 15 is 0 Å². The summed E-state index contributed by atoms with van der Waals surface area (Å²) in [7, 11) is 3.26. The van der Waals surface area contributed by atoms with Crippen LogP contribution in [0.3, 0.4) is 0 Å². The highest BCUT2D eigenvalue weighted by molar-refractivity contribution is 5.78. The Balaban J connectivity index is 2.31. The standard InChI is InChI=1S/C14H28N2O3/c1-18-10-13(19-2)9-16-14(17)12-5-3-4-11(8-12)6-7-15/h11-13H,3-10,15H2,1-2H3,(H,16,17). The fourth-order valence-electron chi connectivity index (χ4n) is 2.78. The van der Waals surface area contributed by atoms with Crippen molar-refractivity contribution in [3.05, 3.63) is 0 Å². The molecule has 3 atom stereocenters.